The normalized spacial score (nSPS) is 14.8. The second-order valence-corrected chi connectivity index (χ2v) is 4.17. The van der Waals surface area contributed by atoms with E-state index in [0.29, 0.717) is 0 Å². The second kappa shape index (κ2) is 5.54. The summed E-state index contributed by atoms with van der Waals surface area (Å²) in [4.78, 5) is 8.98. The summed E-state index contributed by atoms with van der Waals surface area (Å²) in [5.41, 5.74) is 1.13. The van der Waals surface area contributed by atoms with E-state index < -0.39 is 0 Å². The molecule has 3 heteroatoms. The number of hydrogen-bond donors (Lipinski definition) is 0. The quantitative estimate of drug-likeness (QED) is 0.755. The third-order valence-corrected chi connectivity index (χ3v) is 2.74. The molecule has 0 fully saturated rings. The molecule has 0 aromatic carbocycles. The van der Waals surface area contributed by atoms with Crippen molar-refractivity contribution in [3.05, 3.63) is 42.5 Å². The van der Waals surface area contributed by atoms with E-state index in [4.69, 9.17) is 0 Å². The van der Waals surface area contributed by atoms with Gasteiger partial charge in [0.05, 0.1) is 18.9 Å². The van der Waals surface area contributed by atoms with Crippen molar-refractivity contribution in [3.63, 3.8) is 0 Å². The molecule has 3 nitrogen and oxygen atoms in total. The van der Waals surface area contributed by atoms with Crippen LogP contribution in [-0.4, -0.2) is 28.0 Å². The zero-order valence-electron chi connectivity index (χ0n) is 9.84. The van der Waals surface area contributed by atoms with Gasteiger partial charge in [0.25, 0.3) is 0 Å². The molecule has 0 N–H and O–H groups in total. The summed E-state index contributed by atoms with van der Waals surface area (Å²) in [6.07, 6.45) is 8.71. The summed E-state index contributed by atoms with van der Waals surface area (Å²) in [5, 5.41) is 0. The molecule has 16 heavy (non-hydrogen) atoms. The fraction of sp³-hybridized carbons (Fsp3) is 0.462. The third-order valence-electron chi connectivity index (χ3n) is 2.74. The number of nitrogens with zero attached hydrogens (tertiary/aromatic N) is 3. The van der Waals surface area contributed by atoms with Gasteiger partial charge in [-0.1, -0.05) is 19.4 Å². The largest absolute Gasteiger partial charge is 0.359 e. The van der Waals surface area contributed by atoms with Crippen molar-refractivity contribution in [1.29, 1.82) is 0 Å². The van der Waals surface area contributed by atoms with Crippen LogP contribution in [0.5, 0.6) is 0 Å². The van der Waals surface area contributed by atoms with E-state index in [2.05, 4.69) is 40.2 Å². The van der Waals surface area contributed by atoms with E-state index in [1.165, 1.54) is 12.8 Å². The summed E-state index contributed by atoms with van der Waals surface area (Å²) in [5.74, 6) is 0. The van der Waals surface area contributed by atoms with E-state index >= 15 is 0 Å². The van der Waals surface area contributed by atoms with Crippen molar-refractivity contribution in [2.45, 2.75) is 26.3 Å². The highest BCUT2D eigenvalue weighted by atomic mass is 15.3. The Labute approximate surface area is 97.4 Å². The molecule has 0 saturated carbocycles. The molecule has 1 aromatic heterocycles. The maximum atomic E-state index is 4.34. The summed E-state index contributed by atoms with van der Waals surface area (Å²) in [6.45, 7) is 5.29. The molecule has 0 aliphatic carbocycles. The fourth-order valence-corrected chi connectivity index (χ4v) is 1.83. The Morgan fingerprint density at radius 3 is 2.88 bits per heavy atom. The Morgan fingerprint density at radius 1 is 1.25 bits per heavy atom. The van der Waals surface area contributed by atoms with E-state index in [1.54, 1.807) is 0 Å². The molecular formula is C13H19N3. The van der Waals surface area contributed by atoms with Crippen LogP contribution in [-0.2, 0) is 6.54 Å². The standard InChI is InChI=1S/C13H19N3/c1-2-3-8-15-9-10-16(12-15)11-13-6-4-5-7-14-13/h4-7,9-10H,2-3,8,11-12H2,1H3. The average molecular weight is 217 g/mol. The van der Waals surface area contributed by atoms with Crippen LogP contribution < -0.4 is 0 Å². The van der Waals surface area contributed by atoms with Gasteiger partial charge in [-0.2, -0.15) is 0 Å². The fourth-order valence-electron chi connectivity index (χ4n) is 1.83. The van der Waals surface area contributed by atoms with Gasteiger partial charge in [0.15, 0.2) is 0 Å². The van der Waals surface area contributed by atoms with Crippen LogP contribution in [0.1, 0.15) is 25.5 Å². The summed E-state index contributed by atoms with van der Waals surface area (Å²) < 4.78 is 0. The summed E-state index contributed by atoms with van der Waals surface area (Å²) >= 11 is 0. The Bertz CT molecular complexity index is 334. The van der Waals surface area contributed by atoms with Crippen molar-refractivity contribution < 1.29 is 0 Å². The lowest BCUT2D eigenvalue weighted by Gasteiger charge is -2.20. The molecule has 0 unspecified atom stereocenters. The molecule has 86 valence electrons. The van der Waals surface area contributed by atoms with Crippen molar-refractivity contribution in [2.24, 2.45) is 0 Å². The molecule has 0 amide bonds. The Hall–Kier alpha value is -1.51. The monoisotopic (exact) mass is 217 g/mol. The summed E-state index contributed by atoms with van der Waals surface area (Å²) in [7, 11) is 0. The minimum atomic E-state index is 0.903. The zero-order chi connectivity index (χ0) is 11.2. The van der Waals surface area contributed by atoms with Gasteiger partial charge in [-0.3, -0.25) is 4.98 Å². The SMILES string of the molecule is CCCCN1C=CN(Cc2ccccn2)C1. The van der Waals surface area contributed by atoms with Gasteiger partial charge in [-0.25, -0.2) is 0 Å². The number of unbranched alkanes of at least 4 members (excludes halogenated alkanes) is 1. The lowest BCUT2D eigenvalue weighted by atomic mass is 10.3. The van der Waals surface area contributed by atoms with Crippen molar-refractivity contribution in [1.82, 2.24) is 14.8 Å². The van der Waals surface area contributed by atoms with Crippen molar-refractivity contribution >= 4 is 0 Å². The Kier molecular flexibility index (Phi) is 3.81. The Balaban J connectivity index is 1.80. The predicted molar refractivity (Wildman–Crippen MR) is 65.4 cm³/mol. The highest BCUT2D eigenvalue weighted by Gasteiger charge is 2.11. The maximum absolute atomic E-state index is 4.34. The molecule has 0 bridgehead atoms. The van der Waals surface area contributed by atoms with Gasteiger partial charge >= 0.3 is 0 Å². The van der Waals surface area contributed by atoms with Gasteiger partial charge in [0, 0.05) is 25.1 Å². The van der Waals surface area contributed by atoms with Gasteiger partial charge in [-0.15, -0.1) is 0 Å². The lowest BCUT2D eigenvalue weighted by molar-refractivity contribution is 0.255. The second-order valence-electron chi connectivity index (χ2n) is 4.17. The van der Waals surface area contributed by atoms with E-state index in [9.17, 15) is 0 Å². The van der Waals surface area contributed by atoms with Gasteiger partial charge in [-0.05, 0) is 18.6 Å². The van der Waals surface area contributed by atoms with Crippen LogP contribution in [0.2, 0.25) is 0 Å². The smallest absolute Gasteiger partial charge is 0.0897 e. The van der Waals surface area contributed by atoms with Crippen LogP contribution in [0, 0.1) is 0 Å². The van der Waals surface area contributed by atoms with E-state index in [0.717, 1.165) is 25.5 Å². The molecule has 0 radical (unpaired) electrons. The van der Waals surface area contributed by atoms with Gasteiger partial charge < -0.3 is 9.80 Å². The first kappa shape index (κ1) is 11.0. The van der Waals surface area contributed by atoms with Crippen LogP contribution in [0.3, 0.4) is 0 Å². The molecule has 0 spiro atoms. The molecular weight excluding hydrogens is 198 g/mol. The summed E-state index contributed by atoms with van der Waals surface area (Å²) in [6, 6.07) is 6.07. The van der Waals surface area contributed by atoms with Gasteiger partial charge in [0.2, 0.25) is 0 Å². The molecule has 0 atom stereocenters. The number of rotatable bonds is 5. The Morgan fingerprint density at radius 2 is 2.12 bits per heavy atom. The minimum absolute atomic E-state index is 0.903. The number of pyridine rings is 1. The van der Waals surface area contributed by atoms with Crippen LogP contribution in [0.4, 0.5) is 0 Å². The maximum Gasteiger partial charge on any atom is 0.0897 e. The first-order chi connectivity index (χ1) is 7.88. The molecule has 1 aliphatic rings. The molecule has 1 aliphatic heterocycles. The highest BCUT2D eigenvalue weighted by molar-refractivity contribution is 5.05. The van der Waals surface area contributed by atoms with E-state index in [-0.39, 0.29) is 0 Å². The molecule has 2 rings (SSSR count). The first-order valence-electron chi connectivity index (χ1n) is 5.95. The van der Waals surface area contributed by atoms with Gasteiger partial charge in [0.1, 0.15) is 0 Å². The molecule has 0 saturated heterocycles. The first-order valence-corrected chi connectivity index (χ1v) is 5.95. The van der Waals surface area contributed by atoms with Crippen LogP contribution >= 0.6 is 0 Å². The van der Waals surface area contributed by atoms with Crippen LogP contribution in [0.15, 0.2) is 36.8 Å². The lowest BCUT2D eigenvalue weighted by Crippen LogP contribution is -2.25. The zero-order valence-corrected chi connectivity index (χ0v) is 9.84. The topological polar surface area (TPSA) is 19.4 Å². The van der Waals surface area contributed by atoms with E-state index in [1.807, 2.05) is 18.3 Å². The third kappa shape index (κ3) is 2.99. The highest BCUT2D eigenvalue weighted by Crippen LogP contribution is 2.10. The average Bonchev–Trinajstić information content (AvgIpc) is 2.75. The number of hydrogen-bond acceptors (Lipinski definition) is 3. The molecule has 1 aromatic rings. The van der Waals surface area contributed by atoms with Crippen molar-refractivity contribution in [3.8, 4) is 0 Å². The van der Waals surface area contributed by atoms with Crippen molar-refractivity contribution in [2.75, 3.05) is 13.2 Å². The predicted octanol–water partition coefficient (Wildman–Crippen LogP) is 2.43. The minimum Gasteiger partial charge on any atom is -0.359 e. The number of aromatic nitrogens is 1. The van der Waals surface area contributed by atoms with Crippen LogP contribution in [0.25, 0.3) is 0 Å². The molecule has 2 heterocycles.